The van der Waals surface area contributed by atoms with Gasteiger partial charge in [-0.05, 0) is 18.2 Å². The summed E-state index contributed by atoms with van der Waals surface area (Å²) in [6, 6.07) is 3.32. The number of rotatable bonds is 3. The van der Waals surface area contributed by atoms with Crippen LogP contribution in [-0.4, -0.2) is 25.9 Å². The molecule has 8 heteroatoms. The van der Waals surface area contributed by atoms with Crippen molar-refractivity contribution in [3.05, 3.63) is 23.2 Å². The second kappa shape index (κ2) is 5.81. The van der Waals surface area contributed by atoms with E-state index < -0.39 is 18.8 Å². The number of carbonyl (C=O) groups excluding carboxylic acids is 1. The molecule has 100 valence electrons. The smallest absolute Gasteiger partial charge is 0.422 e. The molecule has 4 nitrogen and oxygen atoms in total. The molecule has 0 unspecified atom stereocenters. The van der Waals surface area contributed by atoms with Crippen molar-refractivity contribution >= 4 is 23.3 Å². The quantitative estimate of drug-likeness (QED) is 0.895. The van der Waals surface area contributed by atoms with E-state index in [4.69, 9.17) is 11.6 Å². The van der Waals surface area contributed by atoms with Crippen LogP contribution in [-0.2, 0) is 0 Å². The van der Waals surface area contributed by atoms with Gasteiger partial charge in [-0.1, -0.05) is 11.6 Å². The normalized spacial score (nSPS) is 10.9. The van der Waals surface area contributed by atoms with E-state index in [2.05, 4.69) is 15.4 Å². The molecular formula is C10H10ClF3N2O2. The van der Waals surface area contributed by atoms with Crippen molar-refractivity contribution in [2.75, 3.05) is 19.0 Å². The first kappa shape index (κ1) is 14.4. The highest BCUT2D eigenvalue weighted by molar-refractivity contribution is 6.31. The molecule has 0 fully saturated rings. The number of amides is 2. The summed E-state index contributed by atoms with van der Waals surface area (Å²) in [4.78, 5) is 11.1. The maximum Gasteiger partial charge on any atom is 0.422 e. The third-order valence-corrected chi connectivity index (χ3v) is 2.04. The Morgan fingerprint density at radius 2 is 2.11 bits per heavy atom. The summed E-state index contributed by atoms with van der Waals surface area (Å²) >= 11 is 5.68. The van der Waals surface area contributed by atoms with Crippen molar-refractivity contribution < 1.29 is 22.7 Å². The van der Waals surface area contributed by atoms with Gasteiger partial charge in [-0.2, -0.15) is 13.2 Å². The highest BCUT2D eigenvalue weighted by Gasteiger charge is 2.28. The molecule has 0 aliphatic carbocycles. The van der Waals surface area contributed by atoms with Crippen LogP contribution >= 0.6 is 11.6 Å². The number of benzene rings is 1. The second-order valence-electron chi connectivity index (χ2n) is 3.25. The molecule has 1 aromatic rings. The van der Waals surface area contributed by atoms with Gasteiger partial charge in [-0.15, -0.1) is 0 Å². The van der Waals surface area contributed by atoms with Gasteiger partial charge in [-0.25, -0.2) is 4.79 Å². The van der Waals surface area contributed by atoms with Crippen LogP contribution in [0.2, 0.25) is 5.02 Å². The van der Waals surface area contributed by atoms with E-state index >= 15 is 0 Å². The van der Waals surface area contributed by atoms with Crippen LogP contribution in [0.1, 0.15) is 0 Å². The first-order valence-corrected chi connectivity index (χ1v) is 5.17. The van der Waals surface area contributed by atoms with Crippen LogP contribution in [0.5, 0.6) is 5.75 Å². The number of hydrogen-bond acceptors (Lipinski definition) is 2. The zero-order chi connectivity index (χ0) is 13.8. The van der Waals surface area contributed by atoms with Crippen molar-refractivity contribution in [3.63, 3.8) is 0 Å². The summed E-state index contributed by atoms with van der Waals surface area (Å²) in [6.07, 6.45) is -4.45. The van der Waals surface area contributed by atoms with Crippen LogP contribution in [0.25, 0.3) is 0 Å². The number of alkyl halides is 3. The molecule has 0 bridgehead atoms. The Balaban J connectivity index is 2.86. The maximum absolute atomic E-state index is 12.0. The molecule has 0 radical (unpaired) electrons. The summed E-state index contributed by atoms with van der Waals surface area (Å²) < 4.78 is 40.7. The molecule has 1 rings (SSSR count). The molecule has 0 spiro atoms. The van der Waals surface area contributed by atoms with E-state index in [1.165, 1.54) is 25.2 Å². The van der Waals surface area contributed by atoms with Gasteiger partial charge in [0.15, 0.2) is 6.61 Å². The Morgan fingerprint density at radius 1 is 1.44 bits per heavy atom. The highest BCUT2D eigenvalue weighted by Crippen LogP contribution is 2.29. The predicted octanol–water partition coefficient (Wildman–Crippen LogP) is 3.03. The predicted molar refractivity (Wildman–Crippen MR) is 61.1 cm³/mol. The molecule has 2 N–H and O–H groups in total. The van der Waals surface area contributed by atoms with E-state index in [0.29, 0.717) is 0 Å². The molecule has 0 aliphatic rings. The van der Waals surface area contributed by atoms with Gasteiger partial charge in [0.2, 0.25) is 0 Å². The molecule has 18 heavy (non-hydrogen) atoms. The minimum atomic E-state index is -4.45. The van der Waals surface area contributed by atoms with Gasteiger partial charge in [-0.3, -0.25) is 0 Å². The zero-order valence-corrected chi connectivity index (χ0v) is 10.0. The molecule has 0 saturated carbocycles. The lowest BCUT2D eigenvalue weighted by molar-refractivity contribution is -0.153. The van der Waals surface area contributed by atoms with Crippen molar-refractivity contribution in [1.82, 2.24) is 5.32 Å². The first-order chi connectivity index (χ1) is 8.31. The van der Waals surface area contributed by atoms with Gasteiger partial charge in [0, 0.05) is 12.1 Å². The summed E-state index contributed by atoms with van der Waals surface area (Å²) in [5, 5.41) is 4.84. The van der Waals surface area contributed by atoms with E-state index in [-0.39, 0.29) is 16.5 Å². The lowest BCUT2D eigenvalue weighted by atomic mass is 10.3. The average Bonchev–Trinajstić information content (AvgIpc) is 2.26. The van der Waals surface area contributed by atoms with Crippen molar-refractivity contribution in [1.29, 1.82) is 0 Å². The number of anilines is 1. The maximum atomic E-state index is 12.0. The Hall–Kier alpha value is -1.63. The Morgan fingerprint density at radius 3 is 2.67 bits per heavy atom. The van der Waals surface area contributed by atoms with Crippen molar-refractivity contribution in [2.24, 2.45) is 0 Å². The summed E-state index contributed by atoms with van der Waals surface area (Å²) in [5.74, 6) is -0.111. The molecule has 0 aliphatic heterocycles. The Labute approximate surface area is 106 Å². The number of hydrogen-bond donors (Lipinski definition) is 2. The second-order valence-corrected chi connectivity index (χ2v) is 3.68. The van der Waals surface area contributed by atoms with Crippen molar-refractivity contribution in [3.8, 4) is 5.75 Å². The highest BCUT2D eigenvalue weighted by atomic mass is 35.5. The van der Waals surface area contributed by atoms with Gasteiger partial charge >= 0.3 is 12.2 Å². The standard InChI is InChI=1S/C10H10ClF3N2O2/c1-15-9(17)16-7-4-6(11)2-3-8(7)18-5-10(12,13)14/h2-4H,5H2,1H3,(H2,15,16,17). The Bertz CT molecular complexity index is 438. The molecule has 0 saturated heterocycles. The summed E-state index contributed by atoms with van der Waals surface area (Å²) in [6.45, 7) is -1.45. The topological polar surface area (TPSA) is 50.4 Å². The molecule has 0 heterocycles. The number of ether oxygens (including phenoxy) is 1. The lowest BCUT2D eigenvalue weighted by Gasteiger charge is -2.14. The van der Waals surface area contributed by atoms with E-state index in [1.807, 2.05) is 0 Å². The van der Waals surface area contributed by atoms with Gasteiger partial charge in [0.25, 0.3) is 0 Å². The number of nitrogens with one attached hydrogen (secondary N) is 2. The largest absolute Gasteiger partial charge is 0.482 e. The molecular weight excluding hydrogens is 273 g/mol. The van der Waals surface area contributed by atoms with E-state index in [1.54, 1.807) is 0 Å². The third-order valence-electron chi connectivity index (χ3n) is 1.81. The Kier molecular flexibility index (Phi) is 4.66. The summed E-state index contributed by atoms with van der Waals surface area (Å²) in [7, 11) is 1.37. The van der Waals surface area contributed by atoms with Crippen LogP contribution in [0.3, 0.4) is 0 Å². The van der Waals surface area contributed by atoms with Gasteiger partial charge < -0.3 is 15.4 Å². The SMILES string of the molecule is CNC(=O)Nc1cc(Cl)ccc1OCC(F)(F)F. The van der Waals surface area contributed by atoms with Gasteiger partial charge in [0.05, 0.1) is 5.69 Å². The van der Waals surface area contributed by atoms with Crippen LogP contribution in [0.15, 0.2) is 18.2 Å². The fraction of sp³-hybridized carbons (Fsp3) is 0.300. The van der Waals surface area contributed by atoms with Crippen LogP contribution in [0.4, 0.5) is 23.7 Å². The van der Waals surface area contributed by atoms with Crippen LogP contribution in [0, 0.1) is 0 Å². The monoisotopic (exact) mass is 282 g/mol. The summed E-state index contributed by atoms with van der Waals surface area (Å²) in [5.41, 5.74) is 0.0612. The first-order valence-electron chi connectivity index (χ1n) is 4.79. The molecule has 1 aromatic carbocycles. The van der Waals surface area contributed by atoms with E-state index in [0.717, 1.165) is 0 Å². The van der Waals surface area contributed by atoms with Crippen molar-refractivity contribution in [2.45, 2.75) is 6.18 Å². The average molecular weight is 283 g/mol. The molecule has 0 aromatic heterocycles. The number of carbonyl (C=O) groups is 1. The third kappa shape index (κ3) is 4.70. The van der Waals surface area contributed by atoms with Gasteiger partial charge in [0.1, 0.15) is 5.75 Å². The van der Waals surface area contributed by atoms with Crippen LogP contribution < -0.4 is 15.4 Å². The molecule has 2 amide bonds. The van der Waals surface area contributed by atoms with E-state index in [9.17, 15) is 18.0 Å². The number of halogens is 4. The minimum absolute atomic E-state index is 0.0612. The zero-order valence-electron chi connectivity index (χ0n) is 9.27. The number of urea groups is 1. The minimum Gasteiger partial charge on any atom is -0.482 e. The fourth-order valence-corrected chi connectivity index (χ4v) is 1.24. The molecule has 0 atom stereocenters. The lowest BCUT2D eigenvalue weighted by Crippen LogP contribution is -2.25. The fourth-order valence-electron chi connectivity index (χ4n) is 1.07.